The van der Waals surface area contributed by atoms with Gasteiger partial charge in [-0.2, -0.15) is 13.2 Å². The summed E-state index contributed by atoms with van der Waals surface area (Å²) in [6.45, 7) is -0.681. The normalized spacial score (nSPS) is 11.0. The van der Waals surface area contributed by atoms with Crippen LogP contribution in [0.3, 0.4) is 0 Å². The number of nitro groups is 1. The minimum Gasteiger partial charge on any atom is -0.481 e. The molecule has 1 N–H and O–H groups in total. The van der Waals surface area contributed by atoms with Crippen molar-refractivity contribution in [3.63, 3.8) is 0 Å². The van der Waals surface area contributed by atoms with E-state index in [1.54, 1.807) is 0 Å². The van der Waals surface area contributed by atoms with E-state index in [0.717, 1.165) is 12.1 Å². The number of anilines is 1. The van der Waals surface area contributed by atoms with Gasteiger partial charge in [0.05, 0.1) is 10.5 Å². The number of amides is 1. The van der Waals surface area contributed by atoms with E-state index in [9.17, 15) is 32.5 Å². The first kappa shape index (κ1) is 18.2. The van der Waals surface area contributed by atoms with Gasteiger partial charge in [-0.1, -0.05) is 12.1 Å². The van der Waals surface area contributed by atoms with Crippen molar-refractivity contribution >= 4 is 17.3 Å². The predicted octanol–water partition coefficient (Wildman–Crippen LogP) is 3.77. The van der Waals surface area contributed by atoms with Crippen LogP contribution < -0.4 is 10.1 Å². The Kier molecular flexibility index (Phi) is 5.20. The van der Waals surface area contributed by atoms with Gasteiger partial charge in [-0.15, -0.1) is 0 Å². The van der Waals surface area contributed by atoms with Crippen LogP contribution in [0.1, 0.15) is 5.56 Å². The SMILES string of the molecule is O=C(COc1ccccc1F)Nc1ccc(C(F)(F)F)cc1[N+](=O)[O-]. The summed E-state index contributed by atoms with van der Waals surface area (Å²) in [4.78, 5) is 21.6. The molecule has 0 aromatic heterocycles. The zero-order chi connectivity index (χ0) is 18.6. The third-order valence-corrected chi connectivity index (χ3v) is 2.99. The average molecular weight is 358 g/mol. The summed E-state index contributed by atoms with van der Waals surface area (Å²) in [6, 6.07) is 6.93. The Morgan fingerprint density at radius 1 is 1.20 bits per heavy atom. The van der Waals surface area contributed by atoms with Crippen molar-refractivity contribution in [2.45, 2.75) is 6.18 Å². The summed E-state index contributed by atoms with van der Waals surface area (Å²) in [5.74, 6) is -1.82. The van der Waals surface area contributed by atoms with E-state index in [1.165, 1.54) is 18.2 Å². The molecule has 1 amide bonds. The van der Waals surface area contributed by atoms with Gasteiger partial charge in [0.1, 0.15) is 5.69 Å². The molecular formula is C15H10F4N2O4. The van der Waals surface area contributed by atoms with Crippen LogP contribution in [0.5, 0.6) is 5.75 Å². The minimum absolute atomic E-state index is 0.209. The van der Waals surface area contributed by atoms with Gasteiger partial charge in [0.25, 0.3) is 11.6 Å². The van der Waals surface area contributed by atoms with Crippen molar-refractivity contribution in [1.29, 1.82) is 0 Å². The van der Waals surface area contributed by atoms with E-state index < -0.39 is 46.4 Å². The van der Waals surface area contributed by atoms with Crippen molar-refractivity contribution in [2.24, 2.45) is 0 Å². The van der Waals surface area contributed by atoms with E-state index in [1.807, 2.05) is 0 Å². The summed E-state index contributed by atoms with van der Waals surface area (Å²) in [5.41, 5.74) is -2.57. The monoisotopic (exact) mass is 358 g/mol. The first-order chi connectivity index (χ1) is 11.7. The average Bonchev–Trinajstić information content (AvgIpc) is 2.53. The van der Waals surface area contributed by atoms with E-state index in [4.69, 9.17) is 4.74 Å². The predicted molar refractivity (Wildman–Crippen MR) is 78.6 cm³/mol. The van der Waals surface area contributed by atoms with Crippen LogP contribution in [0.15, 0.2) is 42.5 Å². The second-order valence-corrected chi connectivity index (χ2v) is 4.75. The number of halogens is 4. The maximum atomic E-state index is 13.3. The largest absolute Gasteiger partial charge is 0.481 e. The lowest BCUT2D eigenvalue weighted by Crippen LogP contribution is -2.21. The van der Waals surface area contributed by atoms with Gasteiger partial charge in [0, 0.05) is 6.07 Å². The Balaban J connectivity index is 2.12. The number of rotatable bonds is 5. The molecule has 2 aromatic carbocycles. The molecule has 0 heterocycles. The number of alkyl halides is 3. The molecule has 0 radical (unpaired) electrons. The van der Waals surface area contributed by atoms with Crippen LogP contribution in [0.2, 0.25) is 0 Å². The van der Waals surface area contributed by atoms with Gasteiger partial charge < -0.3 is 10.1 Å². The Bertz CT molecular complexity index is 808. The zero-order valence-corrected chi connectivity index (χ0v) is 12.3. The number of carbonyl (C=O) groups is 1. The highest BCUT2D eigenvalue weighted by Crippen LogP contribution is 2.34. The summed E-state index contributed by atoms with van der Waals surface area (Å²) in [6.07, 6.45) is -4.76. The molecule has 6 nitrogen and oxygen atoms in total. The van der Waals surface area contributed by atoms with E-state index >= 15 is 0 Å². The first-order valence-electron chi connectivity index (χ1n) is 6.71. The highest BCUT2D eigenvalue weighted by Gasteiger charge is 2.33. The fourth-order valence-corrected chi connectivity index (χ4v) is 1.86. The number of ether oxygens (including phenoxy) is 1. The van der Waals surface area contributed by atoms with Crippen molar-refractivity contribution in [1.82, 2.24) is 0 Å². The second-order valence-electron chi connectivity index (χ2n) is 4.75. The number of hydrogen-bond acceptors (Lipinski definition) is 4. The van der Waals surface area contributed by atoms with Crippen LogP contribution in [-0.4, -0.2) is 17.4 Å². The summed E-state index contributed by atoms with van der Waals surface area (Å²) in [7, 11) is 0. The maximum Gasteiger partial charge on any atom is 0.416 e. The Hall–Kier alpha value is -3.17. The summed E-state index contributed by atoms with van der Waals surface area (Å²) < 4.78 is 56.1. The molecule has 0 aliphatic rings. The van der Waals surface area contributed by atoms with Gasteiger partial charge in [0.2, 0.25) is 0 Å². The fourth-order valence-electron chi connectivity index (χ4n) is 1.86. The van der Waals surface area contributed by atoms with Crippen molar-refractivity contribution in [3.8, 4) is 5.75 Å². The van der Waals surface area contributed by atoms with Crippen molar-refractivity contribution in [2.75, 3.05) is 11.9 Å². The summed E-state index contributed by atoms with van der Waals surface area (Å²) in [5, 5.41) is 13.0. The molecule has 0 aliphatic carbocycles. The molecule has 10 heteroatoms. The van der Waals surface area contributed by atoms with Crippen LogP contribution in [0.25, 0.3) is 0 Å². The third-order valence-electron chi connectivity index (χ3n) is 2.99. The number of benzene rings is 2. The quantitative estimate of drug-likeness (QED) is 0.501. The molecule has 0 fully saturated rings. The summed E-state index contributed by atoms with van der Waals surface area (Å²) >= 11 is 0. The second kappa shape index (κ2) is 7.16. The number of carbonyl (C=O) groups excluding carboxylic acids is 1. The van der Waals surface area contributed by atoms with E-state index in [0.29, 0.717) is 12.1 Å². The zero-order valence-electron chi connectivity index (χ0n) is 12.3. The van der Waals surface area contributed by atoms with Gasteiger partial charge in [-0.3, -0.25) is 14.9 Å². The van der Waals surface area contributed by atoms with Crippen LogP contribution in [0.4, 0.5) is 28.9 Å². The lowest BCUT2D eigenvalue weighted by Gasteiger charge is -2.10. The lowest BCUT2D eigenvalue weighted by atomic mass is 10.1. The highest BCUT2D eigenvalue weighted by molar-refractivity contribution is 5.94. The maximum absolute atomic E-state index is 13.3. The Morgan fingerprint density at radius 2 is 1.88 bits per heavy atom. The highest BCUT2D eigenvalue weighted by atomic mass is 19.4. The molecule has 0 spiro atoms. The first-order valence-corrected chi connectivity index (χ1v) is 6.71. The number of para-hydroxylation sites is 1. The number of nitrogens with zero attached hydrogens (tertiary/aromatic N) is 1. The number of nitrogens with one attached hydrogen (secondary N) is 1. The molecule has 0 unspecified atom stereocenters. The third kappa shape index (κ3) is 4.66. The molecule has 2 rings (SSSR count). The van der Waals surface area contributed by atoms with Crippen LogP contribution >= 0.6 is 0 Å². The van der Waals surface area contributed by atoms with E-state index in [-0.39, 0.29) is 5.75 Å². The lowest BCUT2D eigenvalue weighted by molar-refractivity contribution is -0.384. The van der Waals surface area contributed by atoms with Gasteiger partial charge in [-0.05, 0) is 24.3 Å². The molecule has 0 atom stereocenters. The molecular weight excluding hydrogens is 348 g/mol. The number of hydrogen-bond donors (Lipinski definition) is 1. The Morgan fingerprint density at radius 3 is 2.48 bits per heavy atom. The number of nitro benzene ring substituents is 1. The molecule has 0 aliphatic heterocycles. The van der Waals surface area contributed by atoms with Crippen LogP contribution in [-0.2, 0) is 11.0 Å². The van der Waals surface area contributed by atoms with Gasteiger partial charge in [0.15, 0.2) is 18.2 Å². The smallest absolute Gasteiger partial charge is 0.416 e. The van der Waals surface area contributed by atoms with Crippen LogP contribution in [0, 0.1) is 15.9 Å². The minimum atomic E-state index is -4.76. The fraction of sp³-hybridized carbons (Fsp3) is 0.133. The molecule has 0 bridgehead atoms. The topological polar surface area (TPSA) is 81.5 Å². The molecule has 0 saturated heterocycles. The van der Waals surface area contributed by atoms with Gasteiger partial charge in [-0.25, -0.2) is 4.39 Å². The van der Waals surface area contributed by atoms with E-state index in [2.05, 4.69) is 5.32 Å². The van der Waals surface area contributed by atoms with Crippen molar-refractivity contribution < 1.29 is 32.0 Å². The Labute approximate surface area is 138 Å². The molecule has 0 saturated carbocycles. The molecule has 25 heavy (non-hydrogen) atoms. The standard InChI is InChI=1S/C15H10F4N2O4/c16-10-3-1-2-4-13(10)25-8-14(22)20-11-6-5-9(15(17,18)19)7-12(11)21(23)24/h1-7H,8H2,(H,20,22). The van der Waals surface area contributed by atoms with Crippen molar-refractivity contribution in [3.05, 3.63) is 64.0 Å². The molecule has 132 valence electrons. The molecule has 2 aromatic rings. The van der Waals surface area contributed by atoms with Gasteiger partial charge >= 0.3 is 6.18 Å².